The number of nitrogens with zero attached hydrogens (tertiary/aromatic N) is 3. The minimum absolute atomic E-state index is 0.0250. The number of hydrogen-bond acceptors (Lipinski definition) is 5. The molecule has 0 aliphatic carbocycles. The van der Waals surface area contributed by atoms with Gasteiger partial charge in [0.15, 0.2) is 10.6 Å². The second-order valence-corrected chi connectivity index (χ2v) is 8.33. The van der Waals surface area contributed by atoms with E-state index in [1.807, 2.05) is 6.92 Å². The molecule has 0 saturated carbocycles. The summed E-state index contributed by atoms with van der Waals surface area (Å²) in [4.78, 5) is 12.6. The maximum atomic E-state index is 12.7. The Kier molecular flexibility index (Phi) is 7.15. The van der Waals surface area contributed by atoms with Gasteiger partial charge in [0.2, 0.25) is 10.0 Å². The molecule has 0 bridgehead atoms. The van der Waals surface area contributed by atoms with Gasteiger partial charge in [0.1, 0.15) is 0 Å². The van der Waals surface area contributed by atoms with Crippen LogP contribution in [0.15, 0.2) is 23.1 Å². The minimum Gasteiger partial charge on any atom is -0.345 e. The van der Waals surface area contributed by atoms with Crippen molar-refractivity contribution in [2.24, 2.45) is 0 Å². The molecule has 0 fully saturated rings. The number of amides is 1. The molecule has 0 saturated heterocycles. The van der Waals surface area contributed by atoms with Crippen molar-refractivity contribution in [2.75, 3.05) is 13.1 Å². The van der Waals surface area contributed by atoms with Gasteiger partial charge in [-0.1, -0.05) is 25.4 Å². The van der Waals surface area contributed by atoms with Crippen LogP contribution in [0.1, 0.15) is 37.0 Å². The number of benzene rings is 1. The standard InChI is InChI=1S/C16H22ClN5O3S2/c1-4-21(5-2)27(24,25)11-7-8-13(17)12(9-11)15(23)18-10-14-19-20-16(26)22(14)6-3/h7-9H,4-6,10H2,1-3H3,(H,18,23)(H,20,26). The van der Waals surface area contributed by atoms with Gasteiger partial charge >= 0.3 is 0 Å². The van der Waals surface area contributed by atoms with Crippen molar-refractivity contribution >= 4 is 39.7 Å². The Hall–Kier alpha value is -1.75. The molecule has 0 radical (unpaired) electrons. The molecule has 1 aromatic carbocycles. The summed E-state index contributed by atoms with van der Waals surface area (Å²) in [6.45, 7) is 6.83. The number of carbonyl (C=O) groups excluding carboxylic acids is 1. The molecule has 2 N–H and O–H groups in total. The Morgan fingerprint density at radius 2 is 2.00 bits per heavy atom. The lowest BCUT2D eigenvalue weighted by Gasteiger charge is -2.19. The zero-order chi connectivity index (χ0) is 20.2. The average Bonchev–Trinajstić information content (AvgIpc) is 3.00. The normalized spacial score (nSPS) is 11.7. The Bertz CT molecular complexity index is 980. The highest BCUT2D eigenvalue weighted by Gasteiger charge is 2.24. The first-order valence-corrected chi connectivity index (χ1v) is 10.7. The van der Waals surface area contributed by atoms with E-state index < -0.39 is 15.9 Å². The van der Waals surface area contributed by atoms with Crippen molar-refractivity contribution in [3.05, 3.63) is 39.4 Å². The Balaban J connectivity index is 2.27. The zero-order valence-electron chi connectivity index (χ0n) is 15.3. The van der Waals surface area contributed by atoms with E-state index in [9.17, 15) is 13.2 Å². The first-order chi connectivity index (χ1) is 12.8. The fourth-order valence-corrected chi connectivity index (χ4v) is 4.59. The highest BCUT2D eigenvalue weighted by molar-refractivity contribution is 7.89. The maximum absolute atomic E-state index is 12.7. The van der Waals surface area contributed by atoms with Gasteiger partial charge in [0.25, 0.3) is 5.91 Å². The van der Waals surface area contributed by atoms with Crippen molar-refractivity contribution in [1.82, 2.24) is 24.4 Å². The van der Waals surface area contributed by atoms with Crippen molar-refractivity contribution < 1.29 is 13.2 Å². The number of aromatic nitrogens is 3. The lowest BCUT2D eigenvalue weighted by molar-refractivity contribution is 0.0949. The molecule has 0 aliphatic rings. The van der Waals surface area contributed by atoms with Gasteiger partial charge in [-0.15, -0.1) is 0 Å². The highest BCUT2D eigenvalue weighted by atomic mass is 35.5. The molecular formula is C16H22ClN5O3S2. The maximum Gasteiger partial charge on any atom is 0.253 e. The molecule has 8 nitrogen and oxygen atoms in total. The Morgan fingerprint density at radius 3 is 2.59 bits per heavy atom. The number of carbonyl (C=O) groups is 1. The van der Waals surface area contributed by atoms with Crippen LogP contribution in [0.3, 0.4) is 0 Å². The molecular weight excluding hydrogens is 410 g/mol. The Labute approximate surface area is 168 Å². The summed E-state index contributed by atoms with van der Waals surface area (Å²) in [5, 5.41) is 9.61. The van der Waals surface area contributed by atoms with Crippen LogP contribution in [0.4, 0.5) is 0 Å². The second kappa shape index (κ2) is 8.96. The summed E-state index contributed by atoms with van der Waals surface area (Å²) >= 11 is 11.2. The average molecular weight is 432 g/mol. The number of sulfonamides is 1. The van der Waals surface area contributed by atoms with Crippen molar-refractivity contribution in [3.63, 3.8) is 0 Å². The molecule has 2 rings (SSSR count). The lowest BCUT2D eigenvalue weighted by Crippen LogP contribution is -2.31. The smallest absolute Gasteiger partial charge is 0.253 e. The molecule has 148 valence electrons. The molecule has 2 aromatic rings. The van der Waals surface area contributed by atoms with Gasteiger partial charge in [-0.3, -0.25) is 9.89 Å². The van der Waals surface area contributed by atoms with E-state index in [0.717, 1.165) is 0 Å². The highest BCUT2D eigenvalue weighted by Crippen LogP contribution is 2.23. The zero-order valence-corrected chi connectivity index (χ0v) is 17.7. The lowest BCUT2D eigenvalue weighted by atomic mass is 10.2. The van der Waals surface area contributed by atoms with E-state index in [4.69, 9.17) is 23.8 Å². The quantitative estimate of drug-likeness (QED) is 0.625. The number of nitrogens with one attached hydrogen (secondary N) is 2. The molecule has 0 aliphatic heterocycles. The van der Waals surface area contributed by atoms with Crippen LogP contribution in [0.25, 0.3) is 0 Å². The molecule has 0 unspecified atom stereocenters. The predicted molar refractivity (Wildman–Crippen MR) is 106 cm³/mol. The first kappa shape index (κ1) is 21.5. The SMILES string of the molecule is CCN(CC)S(=O)(=O)c1ccc(Cl)c(C(=O)NCc2n[nH]c(=S)n2CC)c1. The molecule has 1 heterocycles. The number of aromatic amines is 1. The topological polar surface area (TPSA) is 100 Å². The fraction of sp³-hybridized carbons (Fsp3) is 0.438. The molecule has 27 heavy (non-hydrogen) atoms. The molecule has 0 atom stereocenters. The minimum atomic E-state index is -3.69. The molecule has 1 aromatic heterocycles. The summed E-state index contributed by atoms with van der Waals surface area (Å²) < 4.78 is 28.9. The van der Waals surface area contributed by atoms with Gasteiger partial charge in [-0.05, 0) is 37.3 Å². The van der Waals surface area contributed by atoms with E-state index in [-0.39, 0.29) is 22.0 Å². The van der Waals surface area contributed by atoms with Crippen LogP contribution in [0.5, 0.6) is 0 Å². The fourth-order valence-electron chi connectivity index (χ4n) is 2.62. The Morgan fingerprint density at radius 1 is 1.33 bits per heavy atom. The van der Waals surface area contributed by atoms with Crippen LogP contribution >= 0.6 is 23.8 Å². The predicted octanol–water partition coefficient (Wildman–Crippen LogP) is 2.57. The van der Waals surface area contributed by atoms with Gasteiger partial charge in [0.05, 0.1) is 22.0 Å². The van der Waals surface area contributed by atoms with Crippen LogP contribution in [0.2, 0.25) is 5.02 Å². The van der Waals surface area contributed by atoms with E-state index in [1.165, 1.54) is 22.5 Å². The largest absolute Gasteiger partial charge is 0.345 e. The summed E-state index contributed by atoms with van der Waals surface area (Å²) in [6, 6.07) is 4.10. The third-order valence-electron chi connectivity index (χ3n) is 4.09. The molecule has 1 amide bonds. The second-order valence-electron chi connectivity index (χ2n) is 5.60. The number of hydrogen-bond donors (Lipinski definition) is 2. The van der Waals surface area contributed by atoms with E-state index in [1.54, 1.807) is 18.4 Å². The van der Waals surface area contributed by atoms with Gasteiger partial charge in [-0.2, -0.15) is 9.40 Å². The van der Waals surface area contributed by atoms with Crippen molar-refractivity contribution in [1.29, 1.82) is 0 Å². The number of rotatable bonds is 8. The van der Waals surface area contributed by atoms with Crippen LogP contribution in [-0.2, 0) is 23.1 Å². The summed E-state index contributed by atoms with van der Waals surface area (Å²) in [5.74, 6) is 0.0760. The number of halogens is 1. The van der Waals surface area contributed by atoms with Gasteiger partial charge in [0, 0.05) is 19.6 Å². The van der Waals surface area contributed by atoms with Gasteiger partial charge < -0.3 is 9.88 Å². The van der Waals surface area contributed by atoms with E-state index in [2.05, 4.69) is 15.5 Å². The van der Waals surface area contributed by atoms with Crippen molar-refractivity contribution in [3.8, 4) is 0 Å². The summed E-state index contributed by atoms with van der Waals surface area (Å²) in [6.07, 6.45) is 0. The number of H-pyrrole nitrogens is 1. The van der Waals surface area contributed by atoms with E-state index in [0.29, 0.717) is 30.2 Å². The van der Waals surface area contributed by atoms with Crippen LogP contribution in [0, 0.1) is 4.77 Å². The summed E-state index contributed by atoms with van der Waals surface area (Å²) in [7, 11) is -3.69. The van der Waals surface area contributed by atoms with Gasteiger partial charge in [-0.25, -0.2) is 8.42 Å². The monoisotopic (exact) mass is 431 g/mol. The van der Waals surface area contributed by atoms with Crippen LogP contribution < -0.4 is 5.32 Å². The van der Waals surface area contributed by atoms with E-state index >= 15 is 0 Å². The third kappa shape index (κ3) is 4.57. The van der Waals surface area contributed by atoms with Crippen LogP contribution in [-0.4, -0.2) is 46.5 Å². The van der Waals surface area contributed by atoms with Crippen molar-refractivity contribution in [2.45, 2.75) is 38.8 Å². The molecule has 0 spiro atoms. The summed E-state index contributed by atoms with van der Waals surface area (Å²) in [5.41, 5.74) is 0.0853. The first-order valence-electron chi connectivity index (χ1n) is 8.48. The third-order valence-corrected chi connectivity index (χ3v) is 6.77. The molecule has 11 heteroatoms.